The topological polar surface area (TPSA) is 44.8 Å². The quantitative estimate of drug-likeness (QED) is 0.669. The highest BCUT2D eigenvalue weighted by atomic mass is 31.1. The highest BCUT2D eigenvalue weighted by Gasteiger charge is 2.56. The van der Waals surface area contributed by atoms with Crippen LogP contribution in [0, 0.1) is 0 Å². The summed E-state index contributed by atoms with van der Waals surface area (Å²) >= 11 is 0. The molecule has 0 bridgehead atoms. The largest absolute Gasteiger partial charge is 0.703 e. The van der Waals surface area contributed by atoms with Crippen molar-refractivity contribution in [1.29, 1.82) is 0 Å². The number of rotatable bonds is 5. The van der Waals surface area contributed by atoms with E-state index < -0.39 is 14.0 Å². The van der Waals surface area contributed by atoms with Crippen molar-refractivity contribution < 1.29 is 18.3 Å². The number of ether oxygens (including phenoxy) is 1. The fourth-order valence-electron chi connectivity index (χ4n) is 1.03. The third kappa shape index (κ3) is 3.28. The number of hydrogen-bond donors (Lipinski definition) is 0. The molecule has 0 aliphatic carbocycles. The van der Waals surface area contributed by atoms with Crippen LogP contribution < -0.4 is 0 Å². The minimum atomic E-state index is -1.86. The van der Waals surface area contributed by atoms with Crippen LogP contribution in [0.2, 0.25) is 0 Å². The normalized spacial score (nSPS) is 30.1. The van der Waals surface area contributed by atoms with Gasteiger partial charge in [-0.3, -0.25) is 0 Å². The average Bonchev–Trinajstić information content (AvgIpc) is 2.01. The van der Waals surface area contributed by atoms with Gasteiger partial charge in [0.05, 0.1) is 12.2 Å². The molecule has 0 radical (unpaired) electrons. The van der Waals surface area contributed by atoms with Crippen molar-refractivity contribution in [3.8, 4) is 0 Å². The standard InChI is InChI=1S/C9H18O4P/c1-5-8(2,3)11-7-6-9(4)12-14(10)13-9/h5-7H2,1-4H3/q+1. The van der Waals surface area contributed by atoms with Crippen LogP contribution in [0.3, 0.4) is 0 Å². The highest BCUT2D eigenvalue weighted by Crippen LogP contribution is 2.49. The Kier molecular flexibility index (Phi) is 3.64. The molecule has 0 aromatic carbocycles. The van der Waals surface area contributed by atoms with Crippen molar-refractivity contribution in [2.45, 2.75) is 51.9 Å². The van der Waals surface area contributed by atoms with Crippen LogP contribution in [-0.2, 0) is 18.3 Å². The Labute approximate surface area is 85.9 Å². The molecule has 0 aromatic heterocycles. The Balaban J connectivity index is 2.19. The van der Waals surface area contributed by atoms with E-state index in [9.17, 15) is 4.57 Å². The van der Waals surface area contributed by atoms with Crippen molar-refractivity contribution in [3.63, 3.8) is 0 Å². The summed E-state index contributed by atoms with van der Waals surface area (Å²) < 4.78 is 26.2. The minimum Gasteiger partial charge on any atom is -0.375 e. The van der Waals surface area contributed by atoms with Crippen molar-refractivity contribution in [2.75, 3.05) is 6.61 Å². The van der Waals surface area contributed by atoms with E-state index in [1.165, 1.54) is 0 Å². The van der Waals surface area contributed by atoms with Gasteiger partial charge < -0.3 is 4.74 Å². The molecule has 5 heteroatoms. The fraction of sp³-hybridized carbons (Fsp3) is 1.00. The zero-order valence-electron chi connectivity index (χ0n) is 9.20. The zero-order valence-corrected chi connectivity index (χ0v) is 10.1. The number of hydrogen-bond acceptors (Lipinski definition) is 4. The SMILES string of the molecule is CCC(C)(C)OCCC1(C)O[P+](=O)O1. The molecule has 4 nitrogen and oxygen atoms in total. The lowest BCUT2D eigenvalue weighted by Crippen LogP contribution is -2.38. The molecule has 0 N–H and O–H groups in total. The van der Waals surface area contributed by atoms with Crippen LogP contribution in [0.1, 0.15) is 40.5 Å². The molecule has 1 fully saturated rings. The molecule has 1 rings (SSSR count). The summed E-state index contributed by atoms with van der Waals surface area (Å²) in [5.74, 6) is -0.697. The molecular formula is C9H18O4P+. The van der Waals surface area contributed by atoms with Gasteiger partial charge in [-0.2, -0.15) is 0 Å². The van der Waals surface area contributed by atoms with E-state index in [1.807, 2.05) is 13.8 Å². The Morgan fingerprint density at radius 3 is 2.43 bits per heavy atom. The zero-order chi connectivity index (χ0) is 10.8. The summed E-state index contributed by atoms with van der Waals surface area (Å²) in [6, 6.07) is 0. The van der Waals surface area contributed by atoms with Crippen molar-refractivity contribution in [2.24, 2.45) is 0 Å². The van der Waals surface area contributed by atoms with Gasteiger partial charge >= 0.3 is 8.25 Å². The smallest absolute Gasteiger partial charge is 0.375 e. The summed E-state index contributed by atoms with van der Waals surface area (Å²) in [4.78, 5) is 0. The van der Waals surface area contributed by atoms with Gasteiger partial charge in [-0.25, -0.2) is 0 Å². The summed E-state index contributed by atoms with van der Waals surface area (Å²) in [7, 11) is -1.86. The maximum atomic E-state index is 10.6. The second-order valence-corrected chi connectivity index (χ2v) is 5.06. The van der Waals surface area contributed by atoms with Gasteiger partial charge in [-0.05, 0) is 27.2 Å². The van der Waals surface area contributed by atoms with Gasteiger partial charge in [0.25, 0.3) is 5.79 Å². The van der Waals surface area contributed by atoms with E-state index in [4.69, 9.17) is 13.8 Å². The first-order valence-corrected chi connectivity index (χ1v) is 5.96. The van der Waals surface area contributed by atoms with Crippen LogP contribution in [0.15, 0.2) is 0 Å². The van der Waals surface area contributed by atoms with Crippen LogP contribution in [0.5, 0.6) is 0 Å². The molecule has 0 amide bonds. The third-order valence-electron chi connectivity index (χ3n) is 2.44. The van der Waals surface area contributed by atoms with Gasteiger partial charge in [0.15, 0.2) is 0 Å². The first-order chi connectivity index (χ1) is 6.37. The minimum absolute atomic E-state index is 0.109. The monoisotopic (exact) mass is 221 g/mol. The molecule has 0 aromatic rings. The molecule has 0 saturated carbocycles. The van der Waals surface area contributed by atoms with Crippen molar-refractivity contribution in [1.82, 2.24) is 0 Å². The Hall–Kier alpha value is -0.0200. The summed E-state index contributed by atoms with van der Waals surface area (Å²) in [6.45, 7) is 8.48. The summed E-state index contributed by atoms with van der Waals surface area (Å²) in [6.07, 6.45) is 1.57. The molecule has 0 spiro atoms. The second kappa shape index (κ2) is 4.23. The van der Waals surface area contributed by atoms with E-state index in [-0.39, 0.29) is 5.60 Å². The highest BCUT2D eigenvalue weighted by molar-refractivity contribution is 7.34. The first-order valence-electron chi connectivity index (χ1n) is 4.86. The van der Waals surface area contributed by atoms with Gasteiger partial charge in [-0.1, -0.05) is 16.0 Å². The molecule has 1 aliphatic heterocycles. The molecule has 82 valence electrons. The second-order valence-electron chi connectivity index (χ2n) is 4.25. The molecule has 1 heterocycles. The predicted octanol–water partition coefficient (Wildman–Crippen LogP) is 3.00. The lowest BCUT2D eigenvalue weighted by molar-refractivity contribution is -0.189. The van der Waals surface area contributed by atoms with Gasteiger partial charge in [-0.15, -0.1) is 0 Å². The van der Waals surface area contributed by atoms with Crippen molar-refractivity contribution in [3.05, 3.63) is 0 Å². The fourth-order valence-corrected chi connectivity index (χ4v) is 1.86. The average molecular weight is 221 g/mol. The Morgan fingerprint density at radius 2 is 2.00 bits per heavy atom. The molecule has 0 unspecified atom stereocenters. The van der Waals surface area contributed by atoms with Crippen LogP contribution in [-0.4, -0.2) is 18.0 Å². The lowest BCUT2D eigenvalue weighted by atomic mass is 10.1. The predicted molar refractivity (Wildman–Crippen MR) is 53.1 cm³/mol. The Bertz CT molecular complexity index is 219. The lowest BCUT2D eigenvalue weighted by Gasteiger charge is -2.27. The van der Waals surface area contributed by atoms with Crippen LogP contribution in [0.4, 0.5) is 0 Å². The maximum Gasteiger partial charge on any atom is 0.703 e. The van der Waals surface area contributed by atoms with Gasteiger partial charge in [0.2, 0.25) is 0 Å². The van der Waals surface area contributed by atoms with Gasteiger partial charge in [0.1, 0.15) is 0 Å². The van der Waals surface area contributed by atoms with Crippen molar-refractivity contribution >= 4 is 8.25 Å². The molecule has 0 atom stereocenters. The maximum absolute atomic E-state index is 10.6. The molecule has 1 saturated heterocycles. The van der Waals surface area contributed by atoms with Crippen LogP contribution in [0.25, 0.3) is 0 Å². The van der Waals surface area contributed by atoms with E-state index >= 15 is 0 Å². The van der Waals surface area contributed by atoms with E-state index in [1.54, 1.807) is 6.92 Å². The van der Waals surface area contributed by atoms with Crippen LogP contribution >= 0.6 is 8.25 Å². The summed E-state index contributed by atoms with van der Waals surface area (Å²) in [5, 5.41) is 0. The van der Waals surface area contributed by atoms with E-state index in [0.29, 0.717) is 13.0 Å². The molecular weight excluding hydrogens is 203 g/mol. The first kappa shape index (κ1) is 12.1. The van der Waals surface area contributed by atoms with Gasteiger partial charge in [0, 0.05) is 11.0 Å². The Morgan fingerprint density at radius 1 is 1.43 bits per heavy atom. The summed E-state index contributed by atoms with van der Waals surface area (Å²) in [5.41, 5.74) is -0.109. The van der Waals surface area contributed by atoms with E-state index in [2.05, 4.69) is 6.92 Å². The molecule has 14 heavy (non-hydrogen) atoms. The molecule has 1 aliphatic rings. The van der Waals surface area contributed by atoms with E-state index in [0.717, 1.165) is 6.42 Å². The third-order valence-corrected chi connectivity index (χ3v) is 3.51.